The zero-order valence-electron chi connectivity index (χ0n) is 14.9. The number of hydrogen-bond acceptors (Lipinski definition) is 5. The highest BCUT2D eigenvalue weighted by atomic mass is 79.9. The van der Waals surface area contributed by atoms with E-state index in [1.807, 2.05) is 43.3 Å². The highest BCUT2D eigenvalue weighted by Crippen LogP contribution is 2.37. The zero-order chi connectivity index (χ0) is 19.4. The quantitative estimate of drug-likeness (QED) is 0.576. The number of nitrogens with zero attached hydrogens (tertiary/aromatic N) is 1. The van der Waals surface area contributed by atoms with E-state index in [4.69, 9.17) is 9.47 Å². The van der Waals surface area contributed by atoms with Gasteiger partial charge >= 0.3 is 0 Å². The molecule has 0 saturated carbocycles. The number of benzene rings is 2. The van der Waals surface area contributed by atoms with Crippen molar-refractivity contribution in [3.63, 3.8) is 0 Å². The molecule has 0 aromatic heterocycles. The first-order valence-corrected chi connectivity index (χ1v) is 9.94. The number of thioether (sulfide) groups is 1. The van der Waals surface area contributed by atoms with Crippen molar-refractivity contribution >= 4 is 44.9 Å². The summed E-state index contributed by atoms with van der Waals surface area (Å²) in [6.07, 6.45) is 1.68. The second-order valence-electron chi connectivity index (χ2n) is 5.71. The summed E-state index contributed by atoms with van der Waals surface area (Å²) in [5.41, 5.74) is 1.59. The van der Waals surface area contributed by atoms with Gasteiger partial charge in [-0.1, -0.05) is 40.2 Å². The minimum atomic E-state index is -0.307. The maximum atomic E-state index is 12.7. The van der Waals surface area contributed by atoms with Gasteiger partial charge in [0.05, 0.1) is 25.2 Å². The molecule has 1 heterocycles. The Labute approximate surface area is 170 Å². The van der Waals surface area contributed by atoms with Crippen LogP contribution in [0.5, 0.6) is 11.5 Å². The molecule has 7 heteroatoms. The third kappa shape index (κ3) is 4.36. The zero-order valence-corrected chi connectivity index (χ0v) is 17.3. The SMILES string of the molecule is CCOc1c(/C=C2/SC(=O)N(Cc3ccc(Br)cc3)C2=O)cccc1OC. The first kappa shape index (κ1) is 19.5. The molecule has 0 bridgehead atoms. The molecule has 5 nitrogen and oxygen atoms in total. The lowest BCUT2D eigenvalue weighted by molar-refractivity contribution is -0.123. The fourth-order valence-corrected chi connectivity index (χ4v) is 3.75. The van der Waals surface area contributed by atoms with Gasteiger partial charge in [-0.3, -0.25) is 14.5 Å². The van der Waals surface area contributed by atoms with Crippen LogP contribution in [0, 0.1) is 0 Å². The average molecular weight is 448 g/mol. The Bertz CT molecular complexity index is 895. The van der Waals surface area contributed by atoms with Crippen LogP contribution >= 0.6 is 27.7 Å². The number of ether oxygens (including phenoxy) is 2. The normalized spacial score (nSPS) is 15.5. The Morgan fingerprint density at radius 1 is 1.15 bits per heavy atom. The number of carbonyl (C=O) groups is 2. The van der Waals surface area contributed by atoms with E-state index in [0.717, 1.165) is 21.8 Å². The Hall–Kier alpha value is -2.25. The summed E-state index contributed by atoms with van der Waals surface area (Å²) in [5.74, 6) is 0.833. The molecular formula is C20H18BrNO4S. The van der Waals surface area contributed by atoms with Gasteiger partial charge in [-0.05, 0) is 48.5 Å². The van der Waals surface area contributed by atoms with E-state index in [2.05, 4.69) is 15.9 Å². The molecule has 0 unspecified atom stereocenters. The van der Waals surface area contributed by atoms with Crippen molar-refractivity contribution in [2.75, 3.05) is 13.7 Å². The van der Waals surface area contributed by atoms with Crippen LogP contribution in [0.25, 0.3) is 6.08 Å². The number of carbonyl (C=O) groups excluding carboxylic acids is 2. The summed E-state index contributed by atoms with van der Waals surface area (Å²) >= 11 is 4.31. The van der Waals surface area contributed by atoms with Crippen molar-refractivity contribution in [1.82, 2.24) is 4.90 Å². The molecule has 0 atom stereocenters. The first-order chi connectivity index (χ1) is 13.0. The van der Waals surface area contributed by atoms with Gasteiger partial charge in [0.2, 0.25) is 0 Å². The molecule has 0 spiro atoms. The minimum Gasteiger partial charge on any atom is -0.493 e. The Balaban J connectivity index is 1.87. The Kier molecular flexibility index (Phi) is 6.23. The van der Waals surface area contributed by atoms with Crippen molar-refractivity contribution in [2.45, 2.75) is 13.5 Å². The summed E-state index contributed by atoms with van der Waals surface area (Å²) in [5, 5.41) is -0.282. The van der Waals surface area contributed by atoms with Crippen LogP contribution in [0.4, 0.5) is 4.79 Å². The maximum Gasteiger partial charge on any atom is 0.293 e. The highest BCUT2D eigenvalue weighted by molar-refractivity contribution is 9.10. The van der Waals surface area contributed by atoms with E-state index in [1.165, 1.54) is 4.90 Å². The highest BCUT2D eigenvalue weighted by Gasteiger charge is 2.35. The van der Waals surface area contributed by atoms with E-state index < -0.39 is 0 Å². The molecule has 0 N–H and O–H groups in total. The minimum absolute atomic E-state index is 0.242. The lowest BCUT2D eigenvalue weighted by Gasteiger charge is -2.13. The molecular weight excluding hydrogens is 430 g/mol. The summed E-state index contributed by atoms with van der Waals surface area (Å²) in [4.78, 5) is 26.7. The summed E-state index contributed by atoms with van der Waals surface area (Å²) in [6, 6.07) is 13.0. The van der Waals surface area contributed by atoms with Gasteiger partial charge < -0.3 is 9.47 Å². The van der Waals surface area contributed by atoms with Gasteiger partial charge in [0.1, 0.15) is 0 Å². The smallest absolute Gasteiger partial charge is 0.293 e. The number of hydrogen-bond donors (Lipinski definition) is 0. The molecule has 2 aromatic rings. The number of imide groups is 1. The summed E-state index contributed by atoms with van der Waals surface area (Å²) in [6.45, 7) is 2.58. The van der Waals surface area contributed by atoms with Crippen LogP contribution < -0.4 is 9.47 Å². The number of rotatable bonds is 6. The van der Waals surface area contributed by atoms with Crippen LogP contribution in [-0.4, -0.2) is 29.8 Å². The second-order valence-corrected chi connectivity index (χ2v) is 7.61. The number of amides is 2. The van der Waals surface area contributed by atoms with Gasteiger partial charge in [0.15, 0.2) is 11.5 Å². The van der Waals surface area contributed by atoms with E-state index in [-0.39, 0.29) is 17.7 Å². The molecule has 1 aliphatic rings. The lowest BCUT2D eigenvalue weighted by Crippen LogP contribution is -2.27. The van der Waals surface area contributed by atoms with Crippen molar-refractivity contribution in [3.8, 4) is 11.5 Å². The standard InChI is InChI=1S/C20H18BrNO4S/c1-3-26-18-14(5-4-6-16(18)25-2)11-17-19(23)22(20(24)27-17)12-13-7-9-15(21)10-8-13/h4-11H,3,12H2,1-2H3/b17-11+. The molecule has 2 amide bonds. The van der Waals surface area contributed by atoms with Gasteiger partial charge in [-0.25, -0.2) is 0 Å². The van der Waals surface area contributed by atoms with Gasteiger partial charge in [-0.15, -0.1) is 0 Å². The van der Waals surface area contributed by atoms with Gasteiger partial charge in [0, 0.05) is 10.0 Å². The predicted molar refractivity (Wildman–Crippen MR) is 110 cm³/mol. The van der Waals surface area contributed by atoms with E-state index in [0.29, 0.717) is 28.6 Å². The third-order valence-corrected chi connectivity index (χ3v) is 5.37. The van der Waals surface area contributed by atoms with Crippen LogP contribution in [0.15, 0.2) is 51.8 Å². The van der Waals surface area contributed by atoms with Gasteiger partial charge in [0.25, 0.3) is 11.1 Å². The van der Waals surface area contributed by atoms with Crippen LogP contribution in [0.2, 0.25) is 0 Å². The fraction of sp³-hybridized carbons (Fsp3) is 0.200. The predicted octanol–water partition coefficient (Wildman–Crippen LogP) is 5.09. The van der Waals surface area contributed by atoms with Crippen molar-refractivity contribution in [3.05, 3.63) is 63.0 Å². The Morgan fingerprint density at radius 3 is 2.56 bits per heavy atom. The molecule has 2 aromatic carbocycles. The molecule has 3 rings (SSSR count). The topological polar surface area (TPSA) is 55.8 Å². The molecule has 1 fully saturated rings. The maximum absolute atomic E-state index is 12.7. The average Bonchev–Trinajstić information content (AvgIpc) is 2.92. The van der Waals surface area contributed by atoms with E-state index >= 15 is 0 Å². The fourth-order valence-electron chi connectivity index (χ4n) is 2.66. The molecule has 0 radical (unpaired) electrons. The molecule has 27 heavy (non-hydrogen) atoms. The largest absolute Gasteiger partial charge is 0.493 e. The summed E-state index contributed by atoms with van der Waals surface area (Å²) in [7, 11) is 1.56. The first-order valence-electron chi connectivity index (χ1n) is 8.33. The summed E-state index contributed by atoms with van der Waals surface area (Å²) < 4.78 is 12.0. The molecule has 0 aliphatic carbocycles. The van der Waals surface area contributed by atoms with Crippen molar-refractivity contribution in [1.29, 1.82) is 0 Å². The third-order valence-electron chi connectivity index (χ3n) is 3.93. The second kappa shape index (κ2) is 8.63. The van der Waals surface area contributed by atoms with Gasteiger partial charge in [-0.2, -0.15) is 0 Å². The van der Waals surface area contributed by atoms with Crippen molar-refractivity contribution in [2.24, 2.45) is 0 Å². The molecule has 140 valence electrons. The number of methoxy groups -OCH3 is 1. The van der Waals surface area contributed by atoms with Crippen molar-refractivity contribution < 1.29 is 19.1 Å². The van der Waals surface area contributed by atoms with Crippen LogP contribution in [-0.2, 0) is 11.3 Å². The van der Waals surface area contributed by atoms with E-state index in [1.54, 1.807) is 19.3 Å². The Morgan fingerprint density at radius 2 is 1.89 bits per heavy atom. The number of halogens is 1. The monoisotopic (exact) mass is 447 g/mol. The number of para-hydroxylation sites is 1. The molecule has 1 aliphatic heterocycles. The van der Waals surface area contributed by atoms with Crippen LogP contribution in [0.1, 0.15) is 18.1 Å². The molecule has 1 saturated heterocycles. The lowest BCUT2D eigenvalue weighted by atomic mass is 10.1. The van der Waals surface area contributed by atoms with Crippen LogP contribution in [0.3, 0.4) is 0 Å². The van der Waals surface area contributed by atoms with E-state index in [9.17, 15) is 9.59 Å².